The van der Waals surface area contributed by atoms with Gasteiger partial charge in [-0.2, -0.15) is 5.10 Å². The minimum atomic E-state index is -0.355. The Bertz CT molecular complexity index is 964. The summed E-state index contributed by atoms with van der Waals surface area (Å²) in [6.07, 6.45) is 0. The standard InChI is InChI=1S/C15H11FN4O2S/c1-8-6-9(16)2-5-12(8)20-14(17-18-15(20)23)11-4-3-10(19-22)7-13(11)21/h2-7,21H,1H3,(H,18,23). The number of hydrogen-bond donors (Lipinski definition) is 2. The zero-order chi connectivity index (χ0) is 16.6. The summed E-state index contributed by atoms with van der Waals surface area (Å²) >= 11 is 5.24. The molecule has 1 heterocycles. The van der Waals surface area contributed by atoms with Gasteiger partial charge < -0.3 is 5.11 Å². The Morgan fingerprint density at radius 2 is 2.09 bits per heavy atom. The first-order valence-corrected chi connectivity index (χ1v) is 7.03. The van der Waals surface area contributed by atoms with Crippen LogP contribution >= 0.6 is 12.2 Å². The molecule has 0 radical (unpaired) electrons. The van der Waals surface area contributed by atoms with Crippen molar-refractivity contribution in [3.8, 4) is 22.8 Å². The predicted octanol–water partition coefficient (Wildman–Crippen LogP) is 4.15. The lowest BCUT2D eigenvalue weighted by Gasteiger charge is -2.11. The molecule has 116 valence electrons. The number of nitroso groups, excluding NO2 is 1. The van der Waals surface area contributed by atoms with Gasteiger partial charge in [-0.15, -0.1) is 4.91 Å². The summed E-state index contributed by atoms with van der Waals surface area (Å²) in [4.78, 5) is 10.5. The molecule has 2 N–H and O–H groups in total. The maximum absolute atomic E-state index is 13.3. The second-order valence-corrected chi connectivity index (χ2v) is 5.30. The van der Waals surface area contributed by atoms with Gasteiger partial charge in [0.05, 0.1) is 11.3 Å². The van der Waals surface area contributed by atoms with Gasteiger partial charge in [0.25, 0.3) is 0 Å². The van der Waals surface area contributed by atoms with Crippen molar-refractivity contribution < 1.29 is 9.50 Å². The van der Waals surface area contributed by atoms with Crippen LogP contribution in [0.4, 0.5) is 10.1 Å². The molecule has 0 spiro atoms. The van der Waals surface area contributed by atoms with Crippen LogP contribution in [0.15, 0.2) is 41.6 Å². The fourth-order valence-electron chi connectivity index (χ4n) is 2.34. The Morgan fingerprint density at radius 3 is 2.74 bits per heavy atom. The van der Waals surface area contributed by atoms with Crippen molar-refractivity contribution in [1.82, 2.24) is 14.8 Å². The van der Waals surface area contributed by atoms with Gasteiger partial charge in [0.2, 0.25) is 0 Å². The maximum Gasteiger partial charge on any atom is 0.200 e. The average Bonchev–Trinajstić information content (AvgIpc) is 2.89. The highest BCUT2D eigenvalue weighted by molar-refractivity contribution is 7.71. The number of benzene rings is 2. The lowest BCUT2D eigenvalue weighted by atomic mass is 10.1. The van der Waals surface area contributed by atoms with E-state index >= 15 is 0 Å². The highest BCUT2D eigenvalue weighted by Crippen LogP contribution is 2.33. The molecule has 0 bridgehead atoms. The second-order valence-electron chi connectivity index (χ2n) is 4.91. The summed E-state index contributed by atoms with van der Waals surface area (Å²) in [7, 11) is 0. The monoisotopic (exact) mass is 330 g/mol. The topological polar surface area (TPSA) is 83.3 Å². The number of aromatic hydroxyl groups is 1. The van der Waals surface area contributed by atoms with Crippen LogP contribution in [-0.2, 0) is 0 Å². The number of halogens is 1. The van der Waals surface area contributed by atoms with Gasteiger partial charge in [-0.05, 0) is 60.2 Å². The second kappa shape index (κ2) is 5.73. The van der Waals surface area contributed by atoms with Crippen LogP contribution in [0, 0.1) is 22.4 Å². The number of nitrogens with one attached hydrogen (secondary N) is 1. The van der Waals surface area contributed by atoms with Crippen LogP contribution in [-0.4, -0.2) is 19.9 Å². The zero-order valence-corrected chi connectivity index (χ0v) is 12.8. The fraction of sp³-hybridized carbons (Fsp3) is 0.0667. The largest absolute Gasteiger partial charge is 0.507 e. The van der Waals surface area contributed by atoms with E-state index in [9.17, 15) is 14.4 Å². The van der Waals surface area contributed by atoms with Crippen LogP contribution in [0.5, 0.6) is 5.75 Å². The van der Waals surface area contributed by atoms with Crippen molar-refractivity contribution in [1.29, 1.82) is 0 Å². The fourth-order valence-corrected chi connectivity index (χ4v) is 2.57. The lowest BCUT2D eigenvalue weighted by Crippen LogP contribution is -2.01. The maximum atomic E-state index is 13.3. The summed E-state index contributed by atoms with van der Waals surface area (Å²) in [5.41, 5.74) is 1.77. The highest BCUT2D eigenvalue weighted by Gasteiger charge is 2.16. The number of phenolic OH excluding ortho intramolecular Hbond substituents is 1. The van der Waals surface area contributed by atoms with E-state index in [-0.39, 0.29) is 17.3 Å². The van der Waals surface area contributed by atoms with E-state index in [0.29, 0.717) is 27.4 Å². The number of H-pyrrole nitrogens is 1. The van der Waals surface area contributed by atoms with Crippen LogP contribution in [0.2, 0.25) is 0 Å². The molecule has 0 saturated heterocycles. The van der Waals surface area contributed by atoms with E-state index < -0.39 is 0 Å². The minimum absolute atomic E-state index is 0.102. The smallest absolute Gasteiger partial charge is 0.200 e. The number of hydrogen-bond acceptors (Lipinski definition) is 5. The van der Waals surface area contributed by atoms with Crippen LogP contribution in [0.3, 0.4) is 0 Å². The van der Waals surface area contributed by atoms with Crippen LogP contribution in [0.25, 0.3) is 17.1 Å². The Kier molecular flexibility index (Phi) is 3.75. The molecule has 0 aliphatic rings. The van der Waals surface area contributed by atoms with Crippen molar-refractivity contribution in [2.75, 3.05) is 0 Å². The van der Waals surface area contributed by atoms with Gasteiger partial charge in [-0.25, -0.2) is 4.39 Å². The molecule has 6 nitrogen and oxygen atoms in total. The van der Waals surface area contributed by atoms with Crippen LogP contribution in [0.1, 0.15) is 5.56 Å². The van der Waals surface area contributed by atoms with Crippen molar-refractivity contribution in [2.24, 2.45) is 5.18 Å². The summed E-state index contributed by atoms with van der Waals surface area (Å²) < 4.78 is 15.2. The lowest BCUT2D eigenvalue weighted by molar-refractivity contribution is 0.477. The van der Waals surface area contributed by atoms with E-state index in [1.165, 1.54) is 30.3 Å². The van der Waals surface area contributed by atoms with Gasteiger partial charge in [0.15, 0.2) is 10.6 Å². The van der Waals surface area contributed by atoms with Gasteiger partial charge in [0, 0.05) is 6.07 Å². The number of aromatic amines is 1. The number of aryl methyl sites for hydroxylation is 1. The molecule has 0 atom stereocenters. The van der Waals surface area contributed by atoms with Gasteiger partial charge in [-0.1, -0.05) is 0 Å². The quantitative estimate of drug-likeness (QED) is 0.558. The van der Waals surface area contributed by atoms with E-state index in [1.54, 1.807) is 17.6 Å². The molecule has 0 saturated carbocycles. The molecule has 3 aromatic rings. The average molecular weight is 330 g/mol. The molecular formula is C15H11FN4O2S. The van der Waals surface area contributed by atoms with E-state index in [2.05, 4.69) is 15.4 Å². The molecule has 0 aliphatic heterocycles. The van der Waals surface area contributed by atoms with Crippen molar-refractivity contribution >= 4 is 17.9 Å². The zero-order valence-electron chi connectivity index (χ0n) is 11.9. The number of nitrogens with zero attached hydrogens (tertiary/aromatic N) is 3. The first kappa shape index (κ1) is 15.0. The van der Waals surface area contributed by atoms with Crippen molar-refractivity contribution in [3.05, 3.63) is 57.5 Å². The molecular weight excluding hydrogens is 319 g/mol. The molecule has 0 amide bonds. The summed E-state index contributed by atoms with van der Waals surface area (Å²) in [6.45, 7) is 1.75. The molecule has 23 heavy (non-hydrogen) atoms. The molecule has 1 aromatic heterocycles. The Balaban J connectivity index is 2.24. The summed E-state index contributed by atoms with van der Waals surface area (Å²) in [6, 6.07) is 8.50. The molecule has 0 fully saturated rings. The third kappa shape index (κ3) is 2.64. The molecule has 0 unspecified atom stereocenters. The number of aromatic nitrogens is 3. The first-order valence-electron chi connectivity index (χ1n) is 6.62. The molecule has 8 heteroatoms. The Morgan fingerprint density at radius 1 is 1.30 bits per heavy atom. The van der Waals surface area contributed by atoms with Crippen molar-refractivity contribution in [2.45, 2.75) is 6.92 Å². The highest BCUT2D eigenvalue weighted by atomic mass is 32.1. The van der Waals surface area contributed by atoms with E-state index in [4.69, 9.17) is 12.2 Å². The Labute approximate surface area is 135 Å². The minimum Gasteiger partial charge on any atom is -0.507 e. The first-order chi connectivity index (χ1) is 11.0. The molecule has 3 rings (SSSR count). The molecule has 0 aliphatic carbocycles. The number of rotatable bonds is 3. The summed E-state index contributed by atoms with van der Waals surface area (Å²) in [5.74, 6) is -0.163. The van der Waals surface area contributed by atoms with Gasteiger partial charge in [-0.3, -0.25) is 9.67 Å². The van der Waals surface area contributed by atoms with Crippen molar-refractivity contribution in [3.63, 3.8) is 0 Å². The third-order valence-electron chi connectivity index (χ3n) is 3.40. The predicted molar refractivity (Wildman–Crippen MR) is 86.0 cm³/mol. The van der Waals surface area contributed by atoms with E-state index in [0.717, 1.165) is 0 Å². The third-order valence-corrected chi connectivity index (χ3v) is 3.67. The summed E-state index contributed by atoms with van der Waals surface area (Å²) in [5, 5.41) is 19.7. The Hall–Kier alpha value is -2.87. The van der Waals surface area contributed by atoms with Gasteiger partial charge >= 0.3 is 0 Å². The number of phenols is 1. The van der Waals surface area contributed by atoms with E-state index in [1.807, 2.05) is 0 Å². The van der Waals surface area contributed by atoms with Gasteiger partial charge in [0.1, 0.15) is 17.3 Å². The SMILES string of the molecule is Cc1cc(F)ccc1-n1c(-c2ccc(N=O)cc2O)n[nH]c1=S. The molecule has 2 aromatic carbocycles. The normalized spacial score (nSPS) is 10.7. The van der Waals surface area contributed by atoms with Crippen LogP contribution < -0.4 is 0 Å².